The van der Waals surface area contributed by atoms with Gasteiger partial charge in [-0.3, -0.25) is 0 Å². The van der Waals surface area contributed by atoms with Crippen LogP contribution in [0.5, 0.6) is 0 Å². The molecule has 0 saturated carbocycles. The molecule has 1 aromatic heterocycles. The van der Waals surface area contributed by atoms with Gasteiger partial charge in [-0.05, 0) is 12.3 Å². The van der Waals surface area contributed by atoms with Gasteiger partial charge in [0.05, 0.1) is 6.20 Å². The quantitative estimate of drug-likeness (QED) is 0.808. The molecule has 90 valence electrons. The molecule has 1 aromatic rings. The molecule has 0 spiro atoms. The van der Waals surface area contributed by atoms with Crippen molar-refractivity contribution in [3.8, 4) is 0 Å². The third kappa shape index (κ3) is 1.76. The lowest BCUT2D eigenvalue weighted by Crippen LogP contribution is -2.34. The van der Waals surface area contributed by atoms with Crippen LogP contribution in [-0.4, -0.2) is 22.5 Å². The fourth-order valence-corrected chi connectivity index (χ4v) is 1.97. The molecule has 1 atom stereocenters. The van der Waals surface area contributed by atoms with Gasteiger partial charge in [-0.25, -0.2) is 4.68 Å². The summed E-state index contributed by atoms with van der Waals surface area (Å²) >= 11 is 0. The van der Waals surface area contributed by atoms with Crippen LogP contribution in [0.2, 0.25) is 0 Å². The van der Waals surface area contributed by atoms with Crippen molar-refractivity contribution < 1.29 is 13.2 Å². The predicted octanol–water partition coefficient (Wildman–Crippen LogP) is 2.93. The average Bonchev–Trinajstić information content (AvgIpc) is 2.58. The summed E-state index contributed by atoms with van der Waals surface area (Å²) in [6.45, 7) is 4.23. The molecule has 16 heavy (non-hydrogen) atoms. The molecule has 0 saturated heterocycles. The number of nitrogens with one attached hydrogen (secondary N) is 1. The van der Waals surface area contributed by atoms with Gasteiger partial charge in [-0.15, -0.1) is 0 Å². The van der Waals surface area contributed by atoms with Crippen LogP contribution in [0, 0.1) is 0 Å². The van der Waals surface area contributed by atoms with E-state index in [1.165, 1.54) is 6.20 Å². The van der Waals surface area contributed by atoms with E-state index in [2.05, 4.69) is 10.4 Å². The first-order chi connectivity index (χ1) is 7.41. The van der Waals surface area contributed by atoms with Crippen LogP contribution in [0.4, 0.5) is 19.0 Å². The minimum Gasteiger partial charge on any atom is -0.370 e. The Morgan fingerprint density at radius 1 is 1.50 bits per heavy atom. The SMILES string of the molecule is CC(C)c1cnn2c1NCCC2C(F)(F)F. The zero-order valence-corrected chi connectivity index (χ0v) is 9.17. The molecule has 1 unspecified atom stereocenters. The highest BCUT2D eigenvalue weighted by Gasteiger charge is 2.44. The Morgan fingerprint density at radius 3 is 2.75 bits per heavy atom. The Bertz CT molecular complexity index is 381. The van der Waals surface area contributed by atoms with E-state index in [0.717, 1.165) is 10.2 Å². The van der Waals surface area contributed by atoms with Gasteiger partial charge in [0.2, 0.25) is 0 Å². The molecule has 1 N–H and O–H groups in total. The molecular formula is C10H14F3N3. The Balaban J connectivity index is 2.41. The van der Waals surface area contributed by atoms with Gasteiger partial charge < -0.3 is 5.32 Å². The average molecular weight is 233 g/mol. The van der Waals surface area contributed by atoms with Crippen LogP contribution in [0.3, 0.4) is 0 Å². The lowest BCUT2D eigenvalue weighted by atomic mass is 10.1. The summed E-state index contributed by atoms with van der Waals surface area (Å²) in [5, 5.41) is 6.86. The van der Waals surface area contributed by atoms with Crippen LogP contribution in [0.1, 0.15) is 37.8 Å². The number of hydrogen-bond acceptors (Lipinski definition) is 2. The van der Waals surface area contributed by atoms with Gasteiger partial charge in [0.25, 0.3) is 0 Å². The van der Waals surface area contributed by atoms with Crippen LogP contribution in [0.25, 0.3) is 0 Å². The summed E-state index contributed by atoms with van der Waals surface area (Å²) < 4.78 is 39.3. The molecule has 6 heteroatoms. The Hall–Kier alpha value is -1.20. The zero-order chi connectivity index (χ0) is 11.9. The van der Waals surface area contributed by atoms with E-state index in [4.69, 9.17) is 0 Å². The predicted molar refractivity (Wildman–Crippen MR) is 54.5 cm³/mol. The molecule has 0 fully saturated rings. The van der Waals surface area contributed by atoms with Crippen molar-refractivity contribution in [2.24, 2.45) is 0 Å². The number of aromatic nitrogens is 2. The van der Waals surface area contributed by atoms with Crippen LogP contribution >= 0.6 is 0 Å². The maximum absolute atomic E-state index is 12.7. The topological polar surface area (TPSA) is 29.9 Å². The highest BCUT2D eigenvalue weighted by atomic mass is 19.4. The second kappa shape index (κ2) is 3.68. The molecule has 0 bridgehead atoms. The van der Waals surface area contributed by atoms with Crippen molar-refractivity contribution in [1.82, 2.24) is 9.78 Å². The van der Waals surface area contributed by atoms with Crippen molar-refractivity contribution in [2.45, 2.75) is 38.4 Å². The number of hydrogen-bond donors (Lipinski definition) is 1. The Kier molecular flexibility index (Phi) is 2.59. The summed E-state index contributed by atoms with van der Waals surface area (Å²) in [6, 6.07) is -1.49. The smallest absolute Gasteiger partial charge is 0.370 e. The van der Waals surface area contributed by atoms with Crippen molar-refractivity contribution in [1.29, 1.82) is 0 Å². The number of fused-ring (bicyclic) bond motifs is 1. The van der Waals surface area contributed by atoms with Crippen molar-refractivity contribution >= 4 is 5.82 Å². The van der Waals surface area contributed by atoms with Crippen molar-refractivity contribution in [3.63, 3.8) is 0 Å². The van der Waals surface area contributed by atoms with Gasteiger partial charge >= 0.3 is 6.18 Å². The van der Waals surface area contributed by atoms with Gasteiger partial charge in [-0.2, -0.15) is 18.3 Å². The van der Waals surface area contributed by atoms with Gasteiger partial charge in [0.15, 0.2) is 6.04 Å². The van der Waals surface area contributed by atoms with E-state index in [-0.39, 0.29) is 12.3 Å². The normalized spacial score (nSPS) is 20.8. The third-order valence-corrected chi connectivity index (χ3v) is 2.83. The molecule has 1 aliphatic rings. The Morgan fingerprint density at radius 2 is 2.19 bits per heavy atom. The van der Waals surface area contributed by atoms with Crippen LogP contribution < -0.4 is 5.32 Å². The second-order valence-electron chi connectivity index (χ2n) is 4.32. The number of halogens is 3. The number of rotatable bonds is 1. The minimum atomic E-state index is -4.23. The van der Waals surface area contributed by atoms with E-state index in [0.29, 0.717) is 12.4 Å². The highest BCUT2D eigenvalue weighted by molar-refractivity contribution is 5.47. The fraction of sp³-hybridized carbons (Fsp3) is 0.700. The fourth-order valence-electron chi connectivity index (χ4n) is 1.97. The third-order valence-electron chi connectivity index (χ3n) is 2.83. The van der Waals surface area contributed by atoms with E-state index < -0.39 is 12.2 Å². The molecule has 2 heterocycles. The lowest BCUT2D eigenvalue weighted by Gasteiger charge is -2.28. The van der Waals surface area contributed by atoms with E-state index in [9.17, 15) is 13.2 Å². The Labute approximate surface area is 91.6 Å². The van der Waals surface area contributed by atoms with E-state index in [1.54, 1.807) is 0 Å². The molecule has 0 radical (unpaired) electrons. The van der Waals surface area contributed by atoms with Gasteiger partial charge in [0.1, 0.15) is 5.82 Å². The molecule has 0 amide bonds. The van der Waals surface area contributed by atoms with Crippen molar-refractivity contribution in [2.75, 3.05) is 11.9 Å². The summed E-state index contributed by atoms with van der Waals surface area (Å²) in [5.74, 6) is 0.687. The lowest BCUT2D eigenvalue weighted by molar-refractivity contribution is -0.171. The molecule has 2 rings (SSSR count). The van der Waals surface area contributed by atoms with E-state index >= 15 is 0 Å². The van der Waals surface area contributed by atoms with Crippen molar-refractivity contribution in [3.05, 3.63) is 11.8 Å². The molecule has 0 aromatic carbocycles. The standard InChI is InChI=1S/C10H14F3N3/c1-6(2)7-5-15-16-8(10(11,12)13)3-4-14-9(7)16/h5-6,8,14H,3-4H2,1-2H3. The minimum absolute atomic E-state index is 0.0374. The first-order valence-electron chi connectivity index (χ1n) is 5.29. The first-order valence-corrected chi connectivity index (χ1v) is 5.29. The zero-order valence-electron chi connectivity index (χ0n) is 9.17. The van der Waals surface area contributed by atoms with Crippen LogP contribution in [-0.2, 0) is 0 Å². The number of nitrogens with zero attached hydrogens (tertiary/aromatic N) is 2. The number of alkyl halides is 3. The molecular weight excluding hydrogens is 219 g/mol. The highest BCUT2D eigenvalue weighted by Crippen LogP contribution is 2.39. The first kappa shape index (κ1) is 11.3. The monoisotopic (exact) mass is 233 g/mol. The maximum Gasteiger partial charge on any atom is 0.410 e. The van der Waals surface area contributed by atoms with Gasteiger partial charge in [-0.1, -0.05) is 13.8 Å². The van der Waals surface area contributed by atoms with Crippen LogP contribution in [0.15, 0.2) is 6.20 Å². The van der Waals surface area contributed by atoms with Gasteiger partial charge in [0, 0.05) is 12.1 Å². The largest absolute Gasteiger partial charge is 0.410 e. The molecule has 3 nitrogen and oxygen atoms in total. The summed E-state index contributed by atoms with van der Waals surface area (Å²) in [4.78, 5) is 0. The van der Waals surface area contributed by atoms with E-state index in [1.807, 2.05) is 13.8 Å². The maximum atomic E-state index is 12.7. The molecule has 0 aliphatic carbocycles. The number of anilines is 1. The second-order valence-corrected chi connectivity index (χ2v) is 4.32. The summed E-state index contributed by atoms with van der Waals surface area (Å²) in [6.07, 6.45) is -2.66. The summed E-state index contributed by atoms with van der Waals surface area (Å²) in [5.41, 5.74) is 0.842. The summed E-state index contributed by atoms with van der Waals surface area (Å²) in [7, 11) is 0. The molecule has 1 aliphatic heterocycles.